The van der Waals surface area contributed by atoms with Crippen LogP contribution in [0.3, 0.4) is 0 Å². The summed E-state index contributed by atoms with van der Waals surface area (Å²) < 4.78 is 28.2. The number of nitrogens with zero attached hydrogens (tertiary/aromatic N) is 3. The van der Waals surface area contributed by atoms with Gasteiger partial charge in [-0.05, 0) is 48.2 Å². The molecule has 0 radical (unpaired) electrons. The first kappa shape index (κ1) is 16.8. The van der Waals surface area contributed by atoms with E-state index in [-0.39, 0.29) is 5.91 Å². The molecule has 7 heteroatoms. The number of benzene rings is 1. The van der Waals surface area contributed by atoms with Crippen molar-refractivity contribution in [2.45, 2.75) is 19.4 Å². The van der Waals surface area contributed by atoms with Crippen molar-refractivity contribution in [2.75, 3.05) is 6.54 Å². The highest BCUT2D eigenvalue weighted by atomic mass is 19.2. The van der Waals surface area contributed by atoms with Crippen molar-refractivity contribution in [3.63, 3.8) is 0 Å². The van der Waals surface area contributed by atoms with Gasteiger partial charge in [-0.3, -0.25) is 14.5 Å². The van der Waals surface area contributed by atoms with Crippen LogP contribution in [0.25, 0.3) is 23.4 Å². The Morgan fingerprint density at radius 1 is 1.11 bits per heavy atom. The van der Waals surface area contributed by atoms with Crippen LogP contribution in [-0.2, 0) is 19.4 Å². The van der Waals surface area contributed by atoms with Gasteiger partial charge in [0.05, 0.1) is 17.9 Å². The summed E-state index contributed by atoms with van der Waals surface area (Å²) in [5.41, 5.74) is 5.76. The molecule has 0 unspecified atom stereocenters. The summed E-state index contributed by atoms with van der Waals surface area (Å²) >= 11 is 0. The number of hydrogen-bond acceptors (Lipinski definition) is 3. The molecule has 3 heterocycles. The summed E-state index contributed by atoms with van der Waals surface area (Å²) in [7, 11) is 0. The molecule has 28 heavy (non-hydrogen) atoms. The first-order chi connectivity index (χ1) is 13.6. The van der Waals surface area contributed by atoms with E-state index >= 15 is 0 Å². The number of nitrogens with one attached hydrogen (secondary N) is 1. The number of carbonyl (C=O) groups excluding carboxylic acids is 1. The molecule has 0 fully saturated rings. The van der Waals surface area contributed by atoms with Crippen molar-refractivity contribution >= 4 is 18.1 Å². The van der Waals surface area contributed by atoms with E-state index in [9.17, 15) is 13.6 Å². The van der Waals surface area contributed by atoms with E-state index in [0.29, 0.717) is 30.0 Å². The van der Waals surface area contributed by atoms with Gasteiger partial charge in [-0.25, -0.2) is 8.78 Å². The fraction of sp³-hybridized carbons (Fsp3) is 0.190. The van der Waals surface area contributed by atoms with Crippen molar-refractivity contribution in [2.24, 2.45) is 0 Å². The molecule has 1 amide bonds. The Morgan fingerprint density at radius 2 is 2.00 bits per heavy atom. The number of fused-ring (bicyclic) bond motifs is 5. The number of halogens is 2. The van der Waals surface area contributed by atoms with Crippen LogP contribution in [0.2, 0.25) is 0 Å². The summed E-state index contributed by atoms with van der Waals surface area (Å²) in [6.45, 7) is 1.25. The van der Waals surface area contributed by atoms with E-state index in [1.807, 2.05) is 12.3 Å². The lowest BCUT2D eigenvalue weighted by Crippen LogP contribution is -2.36. The van der Waals surface area contributed by atoms with Crippen LogP contribution in [0.4, 0.5) is 8.78 Å². The molecule has 1 aromatic carbocycles. The summed E-state index contributed by atoms with van der Waals surface area (Å²) in [6, 6.07) is 5.68. The van der Waals surface area contributed by atoms with Gasteiger partial charge >= 0.3 is 0 Å². The minimum atomic E-state index is -0.882. The monoisotopic (exact) mass is 378 g/mol. The molecule has 0 saturated heterocycles. The Bertz CT molecular complexity index is 1150. The van der Waals surface area contributed by atoms with Crippen LogP contribution in [0.5, 0.6) is 0 Å². The Hall–Kier alpha value is -3.35. The summed E-state index contributed by atoms with van der Waals surface area (Å²) in [4.78, 5) is 16.7. The fourth-order valence-electron chi connectivity index (χ4n) is 3.80. The van der Waals surface area contributed by atoms with Gasteiger partial charge in [0.25, 0.3) is 5.91 Å². The zero-order chi connectivity index (χ0) is 19.3. The third-order valence-electron chi connectivity index (χ3n) is 5.17. The third-order valence-corrected chi connectivity index (χ3v) is 5.17. The number of carbonyl (C=O) groups is 1. The minimum absolute atomic E-state index is 0.0732. The predicted molar refractivity (Wildman–Crippen MR) is 100 cm³/mol. The molecule has 0 bridgehead atoms. The van der Waals surface area contributed by atoms with Gasteiger partial charge in [0.15, 0.2) is 11.6 Å². The maximum atomic E-state index is 13.4. The molecule has 140 valence electrons. The Balaban J connectivity index is 1.53. The van der Waals surface area contributed by atoms with E-state index in [0.717, 1.165) is 47.4 Å². The first-order valence-electron chi connectivity index (χ1n) is 9.10. The molecule has 1 N–H and O–H groups in total. The smallest absolute Gasteiger partial charge is 0.269 e. The highest BCUT2D eigenvalue weighted by Gasteiger charge is 2.30. The molecule has 0 saturated carbocycles. The molecular formula is C21H16F2N4O. The zero-order valence-electron chi connectivity index (χ0n) is 14.9. The predicted octanol–water partition coefficient (Wildman–Crippen LogP) is 3.24. The lowest BCUT2D eigenvalue weighted by Gasteiger charge is -2.17. The molecule has 2 aromatic heterocycles. The standard InChI is InChI=1S/C21H16F2N4O/c22-17-6-2-12(9-18(17)23)1-4-14-10-16-13(11-25-14)3-5-15-19(16)26-27-8-7-24-21(28)20(15)27/h1-2,4,6,9-11H,3,5,7-8H2,(H,24,28). The van der Waals surface area contributed by atoms with E-state index in [1.165, 1.54) is 6.07 Å². The average Bonchev–Trinajstić information content (AvgIpc) is 3.09. The van der Waals surface area contributed by atoms with E-state index in [1.54, 1.807) is 16.8 Å². The number of aryl methyl sites for hydroxylation is 1. The molecule has 0 spiro atoms. The summed E-state index contributed by atoms with van der Waals surface area (Å²) in [6.07, 6.45) is 6.82. The average molecular weight is 378 g/mol. The molecule has 3 aromatic rings. The SMILES string of the molecule is O=C1NCCn2nc3c(c21)CCc1cnc(C=Cc2ccc(F)c(F)c2)cc1-3. The summed E-state index contributed by atoms with van der Waals surface area (Å²) in [5.74, 6) is -1.83. The molecule has 0 atom stereocenters. The second-order valence-electron chi connectivity index (χ2n) is 6.93. The highest BCUT2D eigenvalue weighted by Crippen LogP contribution is 2.35. The van der Waals surface area contributed by atoms with E-state index < -0.39 is 11.6 Å². The van der Waals surface area contributed by atoms with Gasteiger partial charge < -0.3 is 5.32 Å². The number of aromatic nitrogens is 3. The number of hydrogen-bond donors (Lipinski definition) is 1. The van der Waals surface area contributed by atoms with E-state index in [2.05, 4.69) is 15.4 Å². The lowest BCUT2D eigenvalue weighted by molar-refractivity contribution is 0.0923. The molecule has 5 rings (SSSR count). The van der Waals surface area contributed by atoms with Gasteiger partial charge in [-0.1, -0.05) is 12.1 Å². The van der Waals surface area contributed by atoms with Crippen LogP contribution in [-0.4, -0.2) is 27.2 Å². The maximum absolute atomic E-state index is 13.4. The Labute approximate surface area is 159 Å². The fourth-order valence-corrected chi connectivity index (χ4v) is 3.80. The van der Waals surface area contributed by atoms with E-state index in [4.69, 9.17) is 0 Å². The van der Waals surface area contributed by atoms with Crippen LogP contribution in [0, 0.1) is 11.6 Å². The topological polar surface area (TPSA) is 59.8 Å². The van der Waals surface area contributed by atoms with Crippen molar-refractivity contribution in [1.82, 2.24) is 20.1 Å². The molecule has 1 aliphatic carbocycles. The normalized spacial score (nSPS) is 15.1. The van der Waals surface area contributed by atoms with Crippen molar-refractivity contribution in [3.8, 4) is 11.3 Å². The molecular weight excluding hydrogens is 362 g/mol. The quantitative estimate of drug-likeness (QED) is 0.745. The molecule has 1 aliphatic heterocycles. The third kappa shape index (κ3) is 2.70. The number of rotatable bonds is 2. The van der Waals surface area contributed by atoms with Crippen LogP contribution >= 0.6 is 0 Å². The first-order valence-corrected chi connectivity index (χ1v) is 9.10. The van der Waals surface area contributed by atoms with Crippen LogP contribution < -0.4 is 5.32 Å². The van der Waals surface area contributed by atoms with Gasteiger partial charge in [-0.2, -0.15) is 5.10 Å². The second-order valence-corrected chi connectivity index (χ2v) is 6.93. The van der Waals surface area contributed by atoms with Gasteiger partial charge in [-0.15, -0.1) is 0 Å². The minimum Gasteiger partial charge on any atom is -0.349 e. The molecule has 2 aliphatic rings. The highest BCUT2D eigenvalue weighted by molar-refractivity contribution is 5.97. The van der Waals surface area contributed by atoms with Crippen LogP contribution in [0.15, 0.2) is 30.5 Å². The van der Waals surface area contributed by atoms with Crippen molar-refractivity contribution in [1.29, 1.82) is 0 Å². The van der Waals surface area contributed by atoms with Gasteiger partial charge in [0.2, 0.25) is 0 Å². The van der Waals surface area contributed by atoms with Gasteiger partial charge in [0.1, 0.15) is 5.69 Å². The number of pyridine rings is 1. The van der Waals surface area contributed by atoms with Crippen molar-refractivity contribution in [3.05, 3.63) is 70.2 Å². The van der Waals surface area contributed by atoms with Gasteiger partial charge in [0, 0.05) is 23.9 Å². The largest absolute Gasteiger partial charge is 0.349 e. The zero-order valence-corrected chi connectivity index (χ0v) is 14.9. The molecule has 5 nitrogen and oxygen atoms in total. The maximum Gasteiger partial charge on any atom is 0.269 e. The van der Waals surface area contributed by atoms with Crippen LogP contribution in [0.1, 0.15) is 32.9 Å². The van der Waals surface area contributed by atoms with Crippen molar-refractivity contribution < 1.29 is 13.6 Å². The number of amides is 1. The second kappa shape index (κ2) is 6.37. The Kier molecular flexibility index (Phi) is 3.82. The lowest BCUT2D eigenvalue weighted by atomic mass is 9.89. The summed E-state index contributed by atoms with van der Waals surface area (Å²) in [5, 5.41) is 7.55. The Morgan fingerprint density at radius 3 is 2.86 bits per heavy atom.